The summed E-state index contributed by atoms with van der Waals surface area (Å²) in [4.78, 5) is 28.4. The molecule has 0 saturated carbocycles. The van der Waals surface area contributed by atoms with Crippen LogP contribution in [0, 0.1) is 5.82 Å². The van der Waals surface area contributed by atoms with E-state index in [0.717, 1.165) is 17.2 Å². The van der Waals surface area contributed by atoms with Crippen molar-refractivity contribution >= 4 is 22.8 Å². The molecule has 2 aromatic carbocycles. The maximum atomic E-state index is 13.1. The van der Waals surface area contributed by atoms with Gasteiger partial charge in [-0.05, 0) is 48.2 Å². The number of carbonyl (C=O) groups excluding carboxylic acids is 1. The molecule has 0 aliphatic rings. The number of carbonyl (C=O) groups is 2. The van der Waals surface area contributed by atoms with Gasteiger partial charge < -0.3 is 20.3 Å². The Balaban J connectivity index is 2.02. The Kier molecular flexibility index (Phi) is 6.58. The Morgan fingerprint density at radius 1 is 1.13 bits per heavy atom. The summed E-state index contributed by atoms with van der Waals surface area (Å²) in [6, 6.07) is 8.83. The quantitative estimate of drug-likeness (QED) is 0.491. The van der Waals surface area contributed by atoms with Crippen molar-refractivity contribution < 1.29 is 28.9 Å². The van der Waals surface area contributed by atoms with Crippen LogP contribution in [0.1, 0.15) is 38.3 Å². The second-order valence-electron chi connectivity index (χ2n) is 6.77. The van der Waals surface area contributed by atoms with Gasteiger partial charge in [-0.3, -0.25) is 9.78 Å². The van der Waals surface area contributed by atoms with E-state index in [1.165, 1.54) is 18.3 Å². The number of hydrogen-bond donors (Lipinski definition) is 3. The smallest absolute Gasteiger partial charge is 0.339 e. The molecule has 0 aliphatic carbocycles. The standard InChI is InChI=1S/C22H21FN2O5/c1-30-8-2-7-24-21(27)17-11-18(22(28)29)20(26)19-16(17)10-14(12-25-19)9-13-3-5-15(23)6-4-13/h3-6,10-12,26H,2,7-9H2,1H3,(H,24,27)(H,28,29). The molecule has 7 nitrogen and oxygen atoms in total. The molecule has 0 fully saturated rings. The molecule has 0 aliphatic heterocycles. The molecule has 3 aromatic rings. The summed E-state index contributed by atoms with van der Waals surface area (Å²) < 4.78 is 18.1. The Morgan fingerprint density at radius 3 is 2.53 bits per heavy atom. The molecular formula is C22H21FN2O5. The van der Waals surface area contributed by atoms with Gasteiger partial charge in [-0.15, -0.1) is 0 Å². The molecule has 1 heterocycles. The number of amides is 1. The molecule has 0 spiro atoms. The number of halogens is 1. The minimum absolute atomic E-state index is 0.0276. The predicted octanol–water partition coefficient (Wildman–Crippen LogP) is 3.13. The maximum absolute atomic E-state index is 13.1. The zero-order chi connectivity index (χ0) is 21.7. The van der Waals surface area contributed by atoms with Crippen molar-refractivity contribution in [1.82, 2.24) is 10.3 Å². The molecule has 0 atom stereocenters. The fourth-order valence-corrected chi connectivity index (χ4v) is 3.12. The highest BCUT2D eigenvalue weighted by Gasteiger charge is 2.21. The third-order valence-corrected chi connectivity index (χ3v) is 4.61. The molecule has 0 radical (unpaired) electrons. The number of aromatic carboxylic acids is 1. The zero-order valence-electron chi connectivity index (χ0n) is 16.3. The van der Waals surface area contributed by atoms with E-state index in [1.807, 2.05) is 0 Å². The number of nitrogens with zero attached hydrogens (tertiary/aromatic N) is 1. The van der Waals surface area contributed by atoms with Crippen molar-refractivity contribution in [3.63, 3.8) is 0 Å². The third-order valence-electron chi connectivity index (χ3n) is 4.61. The van der Waals surface area contributed by atoms with Gasteiger partial charge in [0, 0.05) is 37.4 Å². The van der Waals surface area contributed by atoms with Crippen molar-refractivity contribution in [3.05, 3.63) is 70.7 Å². The third kappa shape index (κ3) is 4.72. The Labute approximate surface area is 172 Å². The second-order valence-corrected chi connectivity index (χ2v) is 6.77. The lowest BCUT2D eigenvalue weighted by Crippen LogP contribution is -2.25. The lowest BCUT2D eigenvalue weighted by Gasteiger charge is -2.12. The van der Waals surface area contributed by atoms with Gasteiger partial charge in [0.25, 0.3) is 5.91 Å². The SMILES string of the molecule is COCCCNC(=O)c1cc(C(=O)O)c(O)c2ncc(Cc3ccc(F)cc3)cc12. The van der Waals surface area contributed by atoms with E-state index < -0.39 is 23.2 Å². The van der Waals surface area contributed by atoms with Crippen LogP contribution in [-0.4, -0.2) is 47.3 Å². The first-order valence-corrected chi connectivity index (χ1v) is 9.30. The van der Waals surface area contributed by atoms with E-state index in [4.69, 9.17) is 4.74 Å². The predicted molar refractivity (Wildman–Crippen MR) is 108 cm³/mol. The largest absolute Gasteiger partial charge is 0.505 e. The number of methoxy groups -OCH3 is 1. The van der Waals surface area contributed by atoms with Crippen LogP contribution in [0.3, 0.4) is 0 Å². The first kappa shape index (κ1) is 21.2. The molecule has 0 saturated heterocycles. The van der Waals surface area contributed by atoms with E-state index in [-0.39, 0.29) is 16.9 Å². The summed E-state index contributed by atoms with van der Waals surface area (Å²) in [7, 11) is 1.56. The van der Waals surface area contributed by atoms with Gasteiger partial charge in [-0.1, -0.05) is 12.1 Å². The van der Waals surface area contributed by atoms with E-state index in [9.17, 15) is 24.2 Å². The van der Waals surface area contributed by atoms with E-state index in [2.05, 4.69) is 10.3 Å². The highest BCUT2D eigenvalue weighted by molar-refractivity contribution is 6.11. The van der Waals surface area contributed by atoms with Crippen molar-refractivity contribution in [2.75, 3.05) is 20.3 Å². The minimum atomic E-state index is -1.36. The summed E-state index contributed by atoms with van der Waals surface area (Å²) in [5.74, 6) is -2.67. The van der Waals surface area contributed by atoms with E-state index in [1.54, 1.807) is 25.3 Å². The molecule has 0 unspecified atom stereocenters. The molecule has 0 bridgehead atoms. The Hall–Kier alpha value is -3.52. The van der Waals surface area contributed by atoms with Gasteiger partial charge in [0.2, 0.25) is 0 Å². The first-order valence-electron chi connectivity index (χ1n) is 9.30. The highest BCUT2D eigenvalue weighted by atomic mass is 19.1. The summed E-state index contributed by atoms with van der Waals surface area (Å²) in [6.07, 6.45) is 2.52. The van der Waals surface area contributed by atoms with Gasteiger partial charge in [0.15, 0.2) is 5.75 Å². The monoisotopic (exact) mass is 412 g/mol. The summed E-state index contributed by atoms with van der Waals surface area (Å²) in [6.45, 7) is 0.820. The summed E-state index contributed by atoms with van der Waals surface area (Å²) in [5.41, 5.74) is 1.30. The molecular weight excluding hydrogens is 391 g/mol. The number of carboxylic acids is 1. The van der Waals surface area contributed by atoms with Crippen LogP contribution in [0.15, 0.2) is 42.6 Å². The van der Waals surface area contributed by atoms with E-state index in [0.29, 0.717) is 31.4 Å². The number of fused-ring (bicyclic) bond motifs is 1. The summed E-state index contributed by atoms with van der Waals surface area (Å²) in [5, 5.41) is 22.8. The number of aromatic hydroxyl groups is 1. The number of rotatable bonds is 8. The van der Waals surface area contributed by atoms with Crippen molar-refractivity contribution in [3.8, 4) is 5.75 Å². The number of carboxylic acid groups (broad SMARTS) is 1. The van der Waals surface area contributed by atoms with Gasteiger partial charge in [0.1, 0.15) is 16.9 Å². The number of hydrogen-bond acceptors (Lipinski definition) is 5. The fraction of sp³-hybridized carbons (Fsp3) is 0.227. The van der Waals surface area contributed by atoms with Gasteiger partial charge in [-0.2, -0.15) is 0 Å². The van der Waals surface area contributed by atoms with Crippen LogP contribution < -0.4 is 5.32 Å². The highest BCUT2D eigenvalue weighted by Crippen LogP contribution is 2.31. The lowest BCUT2D eigenvalue weighted by molar-refractivity contribution is 0.0694. The normalized spacial score (nSPS) is 10.9. The molecule has 1 amide bonds. The van der Waals surface area contributed by atoms with Gasteiger partial charge in [0.05, 0.1) is 0 Å². The molecule has 1 aromatic heterocycles. The molecule has 3 rings (SSSR count). The van der Waals surface area contributed by atoms with Crippen molar-refractivity contribution in [2.24, 2.45) is 0 Å². The van der Waals surface area contributed by atoms with Crippen LogP contribution >= 0.6 is 0 Å². The molecule has 8 heteroatoms. The maximum Gasteiger partial charge on any atom is 0.339 e. The summed E-state index contributed by atoms with van der Waals surface area (Å²) >= 11 is 0. The molecule has 156 valence electrons. The average molecular weight is 412 g/mol. The number of aromatic nitrogens is 1. The number of pyridine rings is 1. The van der Waals surface area contributed by atoms with Gasteiger partial charge in [-0.25, -0.2) is 9.18 Å². The molecule has 3 N–H and O–H groups in total. The topological polar surface area (TPSA) is 109 Å². The van der Waals surface area contributed by atoms with Crippen LogP contribution in [-0.2, 0) is 11.2 Å². The number of nitrogens with one attached hydrogen (secondary N) is 1. The van der Waals surface area contributed by atoms with Crippen LogP contribution in [0.5, 0.6) is 5.75 Å². The van der Waals surface area contributed by atoms with Crippen molar-refractivity contribution in [1.29, 1.82) is 0 Å². The number of phenols is 1. The molecule has 30 heavy (non-hydrogen) atoms. The zero-order valence-corrected chi connectivity index (χ0v) is 16.3. The van der Waals surface area contributed by atoms with E-state index >= 15 is 0 Å². The number of benzene rings is 2. The fourth-order valence-electron chi connectivity index (χ4n) is 3.12. The lowest BCUT2D eigenvalue weighted by atomic mass is 9.99. The Morgan fingerprint density at radius 2 is 1.87 bits per heavy atom. The van der Waals surface area contributed by atoms with Crippen LogP contribution in [0.4, 0.5) is 4.39 Å². The first-order chi connectivity index (χ1) is 14.4. The minimum Gasteiger partial charge on any atom is -0.505 e. The average Bonchev–Trinajstić information content (AvgIpc) is 2.73. The van der Waals surface area contributed by atoms with Crippen molar-refractivity contribution in [2.45, 2.75) is 12.8 Å². The number of ether oxygens (including phenoxy) is 1. The van der Waals surface area contributed by atoms with Crippen LogP contribution in [0.2, 0.25) is 0 Å². The Bertz CT molecular complexity index is 1080. The van der Waals surface area contributed by atoms with Crippen LogP contribution in [0.25, 0.3) is 10.9 Å². The second kappa shape index (κ2) is 9.32. The van der Waals surface area contributed by atoms with Gasteiger partial charge >= 0.3 is 5.97 Å².